The standard InChI is InChI=1S/C23H24N2O2S/c26-23-24-16-15-22(25-23)28-18-6-2-5-17-27-21-13-11-20(12-14-21)10-9-19-7-3-1-4-8-19/h1,3-4,7-16H,2,5-6,17-18H2,(H,24,25,26)/b10-9+. The Balaban J connectivity index is 1.31. The molecular formula is C23H24N2O2S. The van der Waals surface area contributed by atoms with Crippen LogP contribution in [0.3, 0.4) is 0 Å². The molecule has 2 aromatic carbocycles. The number of aromatic nitrogens is 2. The van der Waals surface area contributed by atoms with Gasteiger partial charge in [0.25, 0.3) is 0 Å². The van der Waals surface area contributed by atoms with Crippen molar-refractivity contribution in [3.63, 3.8) is 0 Å². The number of thioether (sulfide) groups is 1. The van der Waals surface area contributed by atoms with Crippen molar-refractivity contribution in [1.82, 2.24) is 9.97 Å². The van der Waals surface area contributed by atoms with Crippen molar-refractivity contribution in [2.24, 2.45) is 0 Å². The average Bonchev–Trinajstić information content (AvgIpc) is 2.73. The summed E-state index contributed by atoms with van der Waals surface area (Å²) in [5.74, 6) is 1.88. The molecule has 1 heterocycles. The second kappa shape index (κ2) is 11.1. The van der Waals surface area contributed by atoms with Crippen LogP contribution in [-0.2, 0) is 0 Å². The summed E-state index contributed by atoms with van der Waals surface area (Å²) >= 11 is 1.65. The number of nitrogens with zero attached hydrogens (tertiary/aromatic N) is 1. The summed E-state index contributed by atoms with van der Waals surface area (Å²) in [6.07, 6.45) is 8.95. The zero-order valence-electron chi connectivity index (χ0n) is 15.7. The van der Waals surface area contributed by atoms with Gasteiger partial charge in [-0.3, -0.25) is 0 Å². The van der Waals surface area contributed by atoms with E-state index in [2.05, 4.69) is 46.4 Å². The van der Waals surface area contributed by atoms with E-state index in [0.29, 0.717) is 0 Å². The minimum atomic E-state index is -0.292. The first-order chi connectivity index (χ1) is 13.8. The molecule has 3 rings (SSSR count). The first-order valence-electron chi connectivity index (χ1n) is 9.44. The highest BCUT2D eigenvalue weighted by atomic mass is 32.2. The fourth-order valence-electron chi connectivity index (χ4n) is 2.62. The predicted octanol–water partition coefficient (Wildman–Crippen LogP) is 5.28. The Kier molecular flexibility index (Phi) is 7.94. The molecule has 0 aliphatic carbocycles. The molecule has 1 N–H and O–H groups in total. The lowest BCUT2D eigenvalue weighted by molar-refractivity contribution is 0.306. The number of benzene rings is 2. The fourth-order valence-corrected chi connectivity index (χ4v) is 3.51. The highest BCUT2D eigenvalue weighted by molar-refractivity contribution is 7.99. The Morgan fingerprint density at radius 3 is 2.39 bits per heavy atom. The van der Waals surface area contributed by atoms with Crippen LogP contribution >= 0.6 is 11.8 Å². The molecule has 0 aliphatic heterocycles. The lowest BCUT2D eigenvalue weighted by atomic mass is 10.1. The van der Waals surface area contributed by atoms with E-state index in [-0.39, 0.29) is 5.69 Å². The molecular weight excluding hydrogens is 368 g/mol. The summed E-state index contributed by atoms with van der Waals surface area (Å²) in [4.78, 5) is 17.5. The predicted molar refractivity (Wildman–Crippen MR) is 117 cm³/mol. The normalized spacial score (nSPS) is 11.0. The third-order valence-electron chi connectivity index (χ3n) is 4.11. The molecule has 28 heavy (non-hydrogen) atoms. The van der Waals surface area contributed by atoms with Crippen LogP contribution in [0, 0.1) is 0 Å². The van der Waals surface area contributed by atoms with Crippen molar-refractivity contribution in [2.75, 3.05) is 12.4 Å². The fraction of sp³-hybridized carbons (Fsp3) is 0.217. The number of ether oxygens (including phenoxy) is 1. The zero-order chi connectivity index (χ0) is 19.4. The average molecular weight is 393 g/mol. The summed E-state index contributed by atoms with van der Waals surface area (Å²) < 4.78 is 5.82. The smallest absolute Gasteiger partial charge is 0.345 e. The third-order valence-corrected chi connectivity index (χ3v) is 5.15. The molecule has 0 saturated heterocycles. The van der Waals surface area contributed by atoms with Gasteiger partial charge in [-0.1, -0.05) is 54.6 Å². The van der Waals surface area contributed by atoms with E-state index in [1.165, 1.54) is 11.8 Å². The van der Waals surface area contributed by atoms with Crippen LogP contribution in [-0.4, -0.2) is 22.3 Å². The molecule has 1 aromatic heterocycles. The number of rotatable bonds is 10. The van der Waals surface area contributed by atoms with Crippen molar-refractivity contribution in [3.8, 4) is 5.75 Å². The van der Waals surface area contributed by atoms with E-state index in [0.717, 1.165) is 48.0 Å². The minimum Gasteiger partial charge on any atom is -0.494 e. The Bertz CT molecular complexity index is 921. The largest absolute Gasteiger partial charge is 0.494 e. The molecule has 5 heteroatoms. The molecule has 144 valence electrons. The van der Waals surface area contributed by atoms with Gasteiger partial charge in [0, 0.05) is 6.20 Å². The third kappa shape index (κ3) is 7.08. The van der Waals surface area contributed by atoms with Gasteiger partial charge >= 0.3 is 5.69 Å². The molecule has 0 radical (unpaired) electrons. The molecule has 0 saturated carbocycles. The summed E-state index contributed by atoms with van der Waals surface area (Å²) in [5, 5.41) is 0.873. The Morgan fingerprint density at radius 2 is 1.64 bits per heavy atom. The number of hydrogen-bond acceptors (Lipinski definition) is 4. The SMILES string of the molecule is O=c1nccc(SCCCCCOc2ccc(/C=C/c3ccccc3)cc2)[nH]1. The van der Waals surface area contributed by atoms with Crippen LogP contribution in [0.1, 0.15) is 30.4 Å². The van der Waals surface area contributed by atoms with Crippen molar-refractivity contribution in [2.45, 2.75) is 24.3 Å². The van der Waals surface area contributed by atoms with Gasteiger partial charge in [-0.2, -0.15) is 0 Å². The van der Waals surface area contributed by atoms with Gasteiger partial charge < -0.3 is 9.72 Å². The number of aromatic amines is 1. The number of hydrogen-bond donors (Lipinski definition) is 1. The number of nitrogens with one attached hydrogen (secondary N) is 1. The van der Waals surface area contributed by atoms with Crippen molar-refractivity contribution in [1.29, 1.82) is 0 Å². The lowest BCUT2D eigenvalue weighted by Crippen LogP contribution is -2.08. The second-order valence-electron chi connectivity index (χ2n) is 6.31. The molecule has 4 nitrogen and oxygen atoms in total. The minimum absolute atomic E-state index is 0.292. The lowest BCUT2D eigenvalue weighted by Gasteiger charge is -2.06. The topological polar surface area (TPSA) is 55.0 Å². The summed E-state index contributed by atoms with van der Waals surface area (Å²) in [6.45, 7) is 0.718. The van der Waals surface area contributed by atoms with Crippen LogP contribution in [0.15, 0.2) is 76.7 Å². The van der Waals surface area contributed by atoms with E-state index >= 15 is 0 Å². The first-order valence-corrected chi connectivity index (χ1v) is 10.4. The summed E-state index contributed by atoms with van der Waals surface area (Å²) in [5.41, 5.74) is 2.05. The van der Waals surface area contributed by atoms with Crippen molar-refractivity contribution >= 4 is 23.9 Å². The molecule has 0 unspecified atom stereocenters. The highest BCUT2D eigenvalue weighted by Crippen LogP contribution is 2.17. The van der Waals surface area contributed by atoms with E-state index < -0.39 is 0 Å². The van der Waals surface area contributed by atoms with Gasteiger partial charge in [-0.15, -0.1) is 11.8 Å². The Labute approximate surface area is 169 Å². The van der Waals surface area contributed by atoms with Crippen LogP contribution < -0.4 is 10.4 Å². The van der Waals surface area contributed by atoms with Crippen LogP contribution in [0.5, 0.6) is 5.75 Å². The van der Waals surface area contributed by atoms with E-state index in [9.17, 15) is 4.79 Å². The van der Waals surface area contributed by atoms with Gasteiger partial charge in [0.2, 0.25) is 0 Å². The highest BCUT2D eigenvalue weighted by Gasteiger charge is 1.97. The molecule has 0 spiro atoms. The zero-order valence-corrected chi connectivity index (χ0v) is 16.5. The Hall–Kier alpha value is -2.79. The molecule has 0 bridgehead atoms. The maximum atomic E-state index is 11.1. The van der Waals surface area contributed by atoms with E-state index in [4.69, 9.17) is 4.74 Å². The quantitative estimate of drug-likeness (QED) is 0.221. The maximum absolute atomic E-state index is 11.1. The Morgan fingerprint density at radius 1 is 0.893 bits per heavy atom. The number of unbranched alkanes of at least 4 members (excludes halogenated alkanes) is 2. The van der Waals surface area contributed by atoms with Crippen molar-refractivity contribution < 1.29 is 4.74 Å². The monoisotopic (exact) mass is 392 g/mol. The van der Waals surface area contributed by atoms with Crippen molar-refractivity contribution in [3.05, 3.63) is 88.5 Å². The molecule has 3 aromatic rings. The van der Waals surface area contributed by atoms with Gasteiger partial charge in [-0.05, 0) is 54.3 Å². The van der Waals surface area contributed by atoms with E-state index in [1.807, 2.05) is 36.4 Å². The van der Waals surface area contributed by atoms with E-state index in [1.54, 1.807) is 11.8 Å². The van der Waals surface area contributed by atoms with Crippen LogP contribution in [0.2, 0.25) is 0 Å². The van der Waals surface area contributed by atoms with Gasteiger partial charge in [0.05, 0.1) is 11.6 Å². The summed E-state index contributed by atoms with van der Waals surface area (Å²) in [6, 6.07) is 20.3. The molecule has 0 amide bonds. The first kappa shape index (κ1) is 20.0. The van der Waals surface area contributed by atoms with Crippen LogP contribution in [0.4, 0.5) is 0 Å². The van der Waals surface area contributed by atoms with Gasteiger partial charge in [0.15, 0.2) is 0 Å². The summed E-state index contributed by atoms with van der Waals surface area (Å²) in [7, 11) is 0. The molecule has 0 aliphatic rings. The second-order valence-corrected chi connectivity index (χ2v) is 7.45. The molecule has 0 atom stereocenters. The molecule has 0 fully saturated rings. The van der Waals surface area contributed by atoms with Crippen LogP contribution in [0.25, 0.3) is 12.2 Å². The van der Waals surface area contributed by atoms with Gasteiger partial charge in [-0.25, -0.2) is 9.78 Å². The number of H-pyrrole nitrogens is 1. The van der Waals surface area contributed by atoms with Gasteiger partial charge in [0.1, 0.15) is 5.75 Å². The maximum Gasteiger partial charge on any atom is 0.345 e.